The normalized spacial score (nSPS) is 21.9. The van der Waals surface area contributed by atoms with Crippen LogP contribution in [0, 0.1) is 5.92 Å². The summed E-state index contributed by atoms with van der Waals surface area (Å²) < 4.78 is 25.1. The van der Waals surface area contributed by atoms with Gasteiger partial charge in [0.05, 0.1) is 18.9 Å². The first-order valence-corrected chi connectivity index (χ1v) is 8.52. The summed E-state index contributed by atoms with van der Waals surface area (Å²) in [7, 11) is -3.43. The zero-order valence-corrected chi connectivity index (χ0v) is 12.6. The fourth-order valence-electron chi connectivity index (χ4n) is 2.44. The van der Waals surface area contributed by atoms with Crippen LogP contribution in [0.15, 0.2) is 0 Å². The second-order valence-electron chi connectivity index (χ2n) is 5.58. The summed E-state index contributed by atoms with van der Waals surface area (Å²) in [6, 6.07) is -0.911. The van der Waals surface area contributed by atoms with E-state index in [1.807, 2.05) is 13.8 Å². The molecule has 1 aliphatic rings. The molecule has 0 aromatic heterocycles. The Morgan fingerprint density at radius 3 is 2.58 bits per heavy atom. The van der Waals surface area contributed by atoms with Crippen molar-refractivity contribution in [3.05, 3.63) is 0 Å². The van der Waals surface area contributed by atoms with Crippen LogP contribution >= 0.6 is 0 Å². The molecule has 112 valence electrons. The number of hydrogen-bond donors (Lipinski definition) is 2. The lowest BCUT2D eigenvalue weighted by Gasteiger charge is -2.28. The van der Waals surface area contributed by atoms with Gasteiger partial charge in [-0.1, -0.05) is 13.8 Å². The van der Waals surface area contributed by atoms with E-state index >= 15 is 0 Å². The van der Waals surface area contributed by atoms with Crippen molar-refractivity contribution in [2.45, 2.75) is 45.2 Å². The van der Waals surface area contributed by atoms with Crippen molar-refractivity contribution < 1.29 is 18.3 Å². The van der Waals surface area contributed by atoms with Crippen LogP contribution in [0.2, 0.25) is 0 Å². The summed E-state index contributed by atoms with van der Waals surface area (Å²) in [5, 5.41) is 9.25. The first-order valence-electron chi connectivity index (χ1n) is 6.63. The minimum Gasteiger partial charge on any atom is -0.394 e. The Bertz CT molecular complexity index is 408. The average Bonchev–Trinajstić information content (AvgIpc) is 2.72. The summed E-state index contributed by atoms with van der Waals surface area (Å²) in [4.78, 5) is 14.0. The van der Waals surface area contributed by atoms with Crippen molar-refractivity contribution in [2.75, 3.05) is 19.4 Å². The van der Waals surface area contributed by atoms with Gasteiger partial charge in [-0.25, -0.2) is 13.1 Å². The van der Waals surface area contributed by atoms with Crippen LogP contribution in [0.3, 0.4) is 0 Å². The summed E-state index contributed by atoms with van der Waals surface area (Å²) >= 11 is 0. The molecule has 2 atom stereocenters. The van der Waals surface area contributed by atoms with Gasteiger partial charge in [-0.05, 0) is 25.2 Å². The van der Waals surface area contributed by atoms with Gasteiger partial charge in [0.25, 0.3) is 0 Å². The molecule has 0 spiro atoms. The molecule has 1 saturated heterocycles. The number of aliphatic hydroxyl groups is 1. The maximum absolute atomic E-state index is 12.4. The highest BCUT2D eigenvalue weighted by Gasteiger charge is 2.34. The molecule has 1 fully saturated rings. The molecule has 0 radical (unpaired) electrons. The van der Waals surface area contributed by atoms with E-state index in [9.17, 15) is 18.3 Å². The van der Waals surface area contributed by atoms with Gasteiger partial charge in [0.15, 0.2) is 0 Å². The van der Waals surface area contributed by atoms with Gasteiger partial charge in [-0.3, -0.25) is 4.79 Å². The van der Waals surface area contributed by atoms with Crippen molar-refractivity contribution in [1.82, 2.24) is 9.62 Å². The summed E-state index contributed by atoms with van der Waals surface area (Å²) in [6.45, 7) is 4.40. The Hall–Kier alpha value is -0.660. The molecular formula is C12H24N2O4S. The summed E-state index contributed by atoms with van der Waals surface area (Å²) in [5.41, 5.74) is 0. The van der Waals surface area contributed by atoms with Crippen LogP contribution < -0.4 is 4.72 Å². The van der Waals surface area contributed by atoms with E-state index < -0.39 is 16.1 Å². The van der Waals surface area contributed by atoms with Crippen molar-refractivity contribution in [2.24, 2.45) is 5.92 Å². The molecule has 19 heavy (non-hydrogen) atoms. The minimum absolute atomic E-state index is 0.0704. The Labute approximate surface area is 115 Å². The number of nitrogens with zero attached hydrogens (tertiary/aromatic N) is 1. The molecule has 1 heterocycles. The van der Waals surface area contributed by atoms with Gasteiger partial charge in [-0.15, -0.1) is 0 Å². The number of amides is 1. The Morgan fingerprint density at radius 1 is 1.47 bits per heavy atom. The third kappa shape index (κ3) is 5.08. The fraction of sp³-hybridized carbons (Fsp3) is 0.917. The first kappa shape index (κ1) is 16.4. The lowest BCUT2D eigenvalue weighted by atomic mass is 10.0. The monoisotopic (exact) mass is 292 g/mol. The third-order valence-corrected chi connectivity index (χ3v) is 3.95. The van der Waals surface area contributed by atoms with Crippen molar-refractivity contribution in [3.8, 4) is 0 Å². The Kier molecular flexibility index (Phi) is 5.76. The molecule has 1 amide bonds. The van der Waals surface area contributed by atoms with Gasteiger partial charge in [0.2, 0.25) is 15.9 Å². The molecule has 0 aromatic rings. The molecule has 1 unspecified atom stereocenters. The van der Waals surface area contributed by atoms with Crippen molar-refractivity contribution >= 4 is 15.9 Å². The lowest BCUT2D eigenvalue weighted by Crippen LogP contribution is -2.51. The van der Waals surface area contributed by atoms with Gasteiger partial charge < -0.3 is 10.0 Å². The molecule has 0 aromatic carbocycles. The zero-order chi connectivity index (χ0) is 14.6. The molecule has 7 heteroatoms. The van der Waals surface area contributed by atoms with E-state index in [-0.39, 0.29) is 24.5 Å². The van der Waals surface area contributed by atoms with Gasteiger partial charge >= 0.3 is 0 Å². The number of nitrogens with one attached hydrogen (secondary N) is 1. The van der Waals surface area contributed by atoms with Gasteiger partial charge in [-0.2, -0.15) is 0 Å². The third-order valence-electron chi connectivity index (χ3n) is 3.23. The fourth-order valence-corrected chi connectivity index (χ4v) is 3.16. The van der Waals surface area contributed by atoms with Crippen LogP contribution in [-0.4, -0.2) is 55.8 Å². The number of likely N-dealkylation sites (tertiary alicyclic amines) is 1. The highest BCUT2D eigenvalue weighted by molar-refractivity contribution is 7.88. The molecule has 1 rings (SSSR count). The molecule has 0 saturated carbocycles. The van der Waals surface area contributed by atoms with E-state index in [1.165, 1.54) is 0 Å². The number of hydrogen-bond acceptors (Lipinski definition) is 4. The van der Waals surface area contributed by atoms with E-state index in [0.29, 0.717) is 13.0 Å². The topological polar surface area (TPSA) is 86.7 Å². The van der Waals surface area contributed by atoms with E-state index in [0.717, 1.165) is 19.1 Å². The predicted molar refractivity (Wildman–Crippen MR) is 73.0 cm³/mol. The predicted octanol–water partition coefficient (Wildman–Crippen LogP) is -0.0664. The largest absolute Gasteiger partial charge is 0.394 e. The van der Waals surface area contributed by atoms with Crippen LogP contribution in [0.5, 0.6) is 0 Å². The molecular weight excluding hydrogens is 268 g/mol. The highest BCUT2D eigenvalue weighted by Crippen LogP contribution is 2.19. The number of aliphatic hydroxyl groups excluding tert-OH is 1. The van der Waals surface area contributed by atoms with Crippen molar-refractivity contribution in [3.63, 3.8) is 0 Å². The van der Waals surface area contributed by atoms with Crippen molar-refractivity contribution in [1.29, 1.82) is 0 Å². The molecule has 1 aliphatic heterocycles. The van der Waals surface area contributed by atoms with E-state index in [4.69, 9.17) is 0 Å². The number of sulfonamides is 1. The standard InChI is InChI=1S/C12H24N2O4S/c1-9(2)7-11(13-19(3,17)18)12(16)14-6-4-5-10(14)8-15/h9-11,13,15H,4-8H2,1-3H3/t10-,11?/m1/s1. The summed E-state index contributed by atoms with van der Waals surface area (Å²) in [5.74, 6) is -0.0194. The Balaban J connectivity index is 2.81. The number of carbonyl (C=O) groups is 1. The van der Waals surface area contributed by atoms with E-state index in [2.05, 4.69) is 4.72 Å². The van der Waals surface area contributed by atoms with Gasteiger partial charge in [0.1, 0.15) is 6.04 Å². The molecule has 6 nitrogen and oxygen atoms in total. The number of carbonyl (C=O) groups excluding carboxylic acids is 1. The van der Waals surface area contributed by atoms with E-state index in [1.54, 1.807) is 4.90 Å². The average molecular weight is 292 g/mol. The summed E-state index contributed by atoms with van der Waals surface area (Å²) in [6.07, 6.45) is 3.14. The SMILES string of the molecule is CC(C)CC(NS(C)(=O)=O)C(=O)N1CCC[C@@H]1CO. The maximum atomic E-state index is 12.4. The molecule has 2 N–H and O–H groups in total. The van der Waals surface area contributed by atoms with Crippen LogP contribution in [0.1, 0.15) is 33.1 Å². The lowest BCUT2D eigenvalue weighted by molar-refractivity contribution is -0.134. The quantitative estimate of drug-likeness (QED) is 0.717. The Morgan fingerprint density at radius 2 is 2.11 bits per heavy atom. The molecule has 0 bridgehead atoms. The smallest absolute Gasteiger partial charge is 0.241 e. The van der Waals surface area contributed by atoms with Gasteiger partial charge in [0, 0.05) is 6.54 Å². The second kappa shape index (κ2) is 6.67. The minimum atomic E-state index is -3.43. The first-order chi connectivity index (χ1) is 8.74. The van der Waals surface area contributed by atoms with Crippen LogP contribution in [0.4, 0.5) is 0 Å². The van der Waals surface area contributed by atoms with Crippen LogP contribution in [-0.2, 0) is 14.8 Å². The second-order valence-corrected chi connectivity index (χ2v) is 7.36. The molecule has 0 aliphatic carbocycles. The maximum Gasteiger partial charge on any atom is 0.241 e. The zero-order valence-electron chi connectivity index (χ0n) is 11.8. The van der Waals surface area contributed by atoms with Crippen LogP contribution in [0.25, 0.3) is 0 Å². The highest BCUT2D eigenvalue weighted by atomic mass is 32.2. The number of rotatable bonds is 6.